The van der Waals surface area contributed by atoms with Crippen molar-refractivity contribution in [3.63, 3.8) is 0 Å². The summed E-state index contributed by atoms with van der Waals surface area (Å²) in [5.74, 6) is 1.03. The Morgan fingerprint density at radius 2 is 2.14 bits per heavy atom. The molecule has 3 rings (SSSR count). The lowest BCUT2D eigenvalue weighted by Crippen LogP contribution is -2.96. The number of nitrogens with two attached hydrogens (primary N) is 1. The van der Waals surface area contributed by atoms with Crippen LogP contribution in [-0.4, -0.2) is 44.2 Å². The number of fused-ring (bicyclic) bond motifs is 1. The zero-order valence-electron chi connectivity index (χ0n) is 11.6. The Hall–Kier alpha value is -2.28. The number of benzene rings is 1. The van der Waals surface area contributed by atoms with Crippen LogP contribution in [0.5, 0.6) is 11.5 Å². The lowest BCUT2D eigenvalue weighted by molar-refractivity contribution is -0.678. The van der Waals surface area contributed by atoms with E-state index in [2.05, 4.69) is 10.6 Å². The molecule has 1 saturated heterocycles. The van der Waals surface area contributed by atoms with E-state index in [1.807, 2.05) is 5.32 Å². The largest absolute Gasteiger partial charge is 0.486 e. The number of carbonyl (C=O) groups excluding carboxylic acids is 2. The van der Waals surface area contributed by atoms with Crippen LogP contribution in [0.25, 0.3) is 0 Å². The minimum Gasteiger partial charge on any atom is -0.486 e. The first-order valence-corrected chi connectivity index (χ1v) is 7.03. The Morgan fingerprint density at radius 1 is 1.33 bits per heavy atom. The number of amides is 2. The van der Waals surface area contributed by atoms with E-state index in [9.17, 15) is 9.59 Å². The molecule has 0 aromatic heterocycles. The van der Waals surface area contributed by atoms with E-state index >= 15 is 0 Å². The van der Waals surface area contributed by atoms with Crippen molar-refractivity contribution in [1.82, 2.24) is 5.32 Å². The van der Waals surface area contributed by atoms with E-state index in [1.54, 1.807) is 18.2 Å². The van der Waals surface area contributed by atoms with Gasteiger partial charge in [0.2, 0.25) is 5.91 Å². The molecule has 7 heteroatoms. The van der Waals surface area contributed by atoms with Crippen molar-refractivity contribution in [1.29, 1.82) is 0 Å². The highest BCUT2D eigenvalue weighted by Crippen LogP contribution is 2.32. The summed E-state index contributed by atoms with van der Waals surface area (Å²) in [7, 11) is 0. The van der Waals surface area contributed by atoms with E-state index in [-0.39, 0.29) is 24.3 Å². The molecule has 0 radical (unpaired) electrons. The van der Waals surface area contributed by atoms with Crippen LogP contribution in [-0.2, 0) is 9.59 Å². The zero-order chi connectivity index (χ0) is 14.7. The molecular weight excluding hydrogens is 274 g/mol. The van der Waals surface area contributed by atoms with Gasteiger partial charge in [0.25, 0.3) is 5.91 Å². The normalized spacial score (nSPS) is 20.6. The molecule has 2 aliphatic rings. The quantitative estimate of drug-likeness (QED) is 0.656. The molecule has 0 bridgehead atoms. The molecule has 1 aromatic rings. The molecule has 1 fully saturated rings. The maximum absolute atomic E-state index is 12.0. The summed E-state index contributed by atoms with van der Waals surface area (Å²) >= 11 is 0. The van der Waals surface area contributed by atoms with E-state index in [4.69, 9.17) is 9.47 Å². The number of nitrogens with one attached hydrogen (secondary N) is 2. The molecule has 1 atom stereocenters. The van der Waals surface area contributed by atoms with E-state index in [0.717, 1.165) is 6.54 Å². The standard InChI is InChI=1S/C14H17N3O4/c18-13(8-10-14(19)16-4-3-15-10)17-9-1-2-11-12(7-9)21-6-5-20-11/h1-2,7,10,15H,3-6,8H2,(H,16,19)(H,17,18)/p+1. The monoisotopic (exact) mass is 292 g/mol. The lowest BCUT2D eigenvalue weighted by Gasteiger charge is -2.20. The summed E-state index contributed by atoms with van der Waals surface area (Å²) in [6.07, 6.45) is 0.153. The number of hydrogen-bond acceptors (Lipinski definition) is 4. The Labute approximate surface area is 122 Å². The van der Waals surface area contributed by atoms with Gasteiger partial charge in [0.1, 0.15) is 13.2 Å². The van der Waals surface area contributed by atoms with Gasteiger partial charge in [-0.15, -0.1) is 0 Å². The van der Waals surface area contributed by atoms with Crippen molar-refractivity contribution in [2.24, 2.45) is 0 Å². The van der Waals surface area contributed by atoms with E-state index in [0.29, 0.717) is 36.9 Å². The van der Waals surface area contributed by atoms with Crippen LogP contribution in [0.4, 0.5) is 5.69 Å². The van der Waals surface area contributed by atoms with Crippen LogP contribution >= 0.6 is 0 Å². The molecule has 0 aliphatic carbocycles. The second kappa shape index (κ2) is 6.01. The van der Waals surface area contributed by atoms with Crippen molar-refractivity contribution in [2.45, 2.75) is 12.5 Å². The molecule has 2 heterocycles. The first kappa shape index (κ1) is 13.7. The van der Waals surface area contributed by atoms with Gasteiger partial charge in [-0.25, -0.2) is 0 Å². The molecule has 7 nitrogen and oxygen atoms in total. The number of rotatable bonds is 3. The first-order valence-electron chi connectivity index (χ1n) is 7.03. The molecule has 21 heavy (non-hydrogen) atoms. The second-order valence-corrected chi connectivity index (χ2v) is 5.03. The van der Waals surface area contributed by atoms with Gasteiger partial charge in [-0.3, -0.25) is 9.59 Å². The van der Waals surface area contributed by atoms with E-state index < -0.39 is 0 Å². The first-order chi connectivity index (χ1) is 10.2. The van der Waals surface area contributed by atoms with Gasteiger partial charge in [-0.2, -0.15) is 0 Å². The maximum Gasteiger partial charge on any atom is 0.278 e. The van der Waals surface area contributed by atoms with Gasteiger partial charge >= 0.3 is 0 Å². The zero-order valence-corrected chi connectivity index (χ0v) is 11.6. The predicted molar refractivity (Wildman–Crippen MR) is 74.3 cm³/mol. The van der Waals surface area contributed by atoms with Gasteiger partial charge in [0.05, 0.1) is 19.5 Å². The topological polar surface area (TPSA) is 93.3 Å². The average Bonchev–Trinajstić information content (AvgIpc) is 2.49. The van der Waals surface area contributed by atoms with Crippen molar-refractivity contribution < 1.29 is 24.4 Å². The van der Waals surface area contributed by atoms with Gasteiger partial charge in [0, 0.05) is 11.8 Å². The summed E-state index contributed by atoms with van der Waals surface area (Å²) in [5, 5.41) is 7.43. The fraction of sp³-hybridized carbons (Fsp3) is 0.429. The summed E-state index contributed by atoms with van der Waals surface area (Å²) in [6.45, 7) is 2.49. The third-order valence-corrected chi connectivity index (χ3v) is 3.46. The van der Waals surface area contributed by atoms with Crippen LogP contribution in [0.1, 0.15) is 6.42 Å². The number of anilines is 1. The van der Waals surface area contributed by atoms with Crippen molar-refractivity contribution in [3.8, 4) is 11.5 Å². The third kappa shape index (κ3) is 3.25. The molecule has 4 N–H and O–H groups in total. The smallest absolute Gasteiger partial charge is 0.278 e. The Bertz CT molecular complexity index is 561. The van der Waals surface area contributed by atoms with Crippen LogP contribution in [0.15, 0.2) is 18.2 Å². The van der Waals surface area contributed by atoms with Crippen LogP contribution in [0, 0.1) is 0 Å². The molecule has 2 amide bonds. The summed E-state index contributed by atoms with van der Waals surface area (Å²) in [4.78, 5) is 23.6. The van der Waals surface area contributed by atoms with Gasteiger partial charge < -0.3 is 25.4 Å². The van der Waals surface area contributed by atoms with Crippen LogP contribution < -0.4 is 25.4 Å². The minimum atomic E-state index is -0.351. The van der Waals surface area contributed by atoms with Crippen LogP contribution in [0.2, 0.25) is 0 Å². The Morgan fingerprint density at radius 3 is 2.95 bits per heavy atom. The second-order valence-electron chi connectivity index (χ2n) is 5.03. The molecule has 1 aromatic carbocycles. The Balaban J connectivity index is 1.60. The highest BCUT2D eigenvalue weighted by molar-refractivity contribution is 5.95. The molecule has 0 saturated carbocycles. The van der Waals surface area contributed by atoms with Crippen LogP contribution in [0.3, 0.4) is 0 Å². The van der Waals surface area contributed by atoms with Crippen molar-refractivity contribution in [2.75, 3.05) is 31.6 Å². The number of quaternary nitrogens is 1. The number of hydrogen-bond donors (Lipinski definition) is 3. The molecule has 2 aliphatic heterocycles. The highest BCUT2D eigenvalue weighted by atomic mass is 16.6. The van der Waals surface area contributed by atoms with Gasteiger partial charge in [0.15, 0.2) is 17.5 Å². The van der Waals surface area contributed by atoms with Crippen molar-refractivity contribution >= 4 is 17.5 Å². The predicted octanol–water partition coefficient (Wildman–Crippen LogP) is -1.15. The number of ether oxygens (including phenoxy) is 2. The average molecular weight is 292 g/mol. The number of carbonyl (C=O) groups is 2. The summed E-state index contributed by atoms with van der Waals surface area (Å²) in [6, 6.07) is 4.91. The summed E-state index contributed by atoms with van der Waals surface area (Å²) in [5.41, 5.74) is 0.639. The van der Waals surface area contributed by atoms with Gasteiger partial charge in [-0.1, -0.05) is 0 Å². The van der Waals surface area contributed by atoms with E-state index in [1.165, 1.54) is 0 Å². The molecule has 0 spiro atoms. The van der Waals surface area contributed by atoms with Gasteiger partial charge in [-0.05, 0) is 12.1 Å². The SMILES string of the molecule is O=C(CC1[NH2+]CCNC1=O)Nc1ccc2c(c1)OCCO2. The molecular formula is C14H18N3O4+. The Kier molecular flexibility index (Phi) is 3.92. The minimum absolute atomic E-state index is 0.0847. The lowest BCUT2D eigenvalue weighted by atomic mass is 10.1. The van der Waals surface area contributed by atoms with Crippen molar-refractivity contribution in [3.05, 3.63) is 18.2 Å². The maximum atomic E-state index is 12.0. The fourth-order valence-corrected chi connectivity index (χ4v) is 2.43. The fourth-order valence-electron chi connectivity index (χ4n) is 2.43. The summed E-state index contributed by atoms with van der Waals surface area (Å²) < 4.78 is 10.9. The molecule has 112 valence electrons. The number of piperazine rings is 1. The highest BCUT2D eigenvalue weighted by Gasteiger charge is 2.28. The molecule has 1 unspecified atom stereocenters. The third-order valence-electron chi connectivity index (χ3n) is 3.46.